The van der Waals surface area contributed by atoms with Gasteiger partial charge in [0.2, 0.25) is 5.91 Å². The van der Waals surface area contributed by atoms with Crippen LogP contribution in [0.2, 0.25) is 0 Å². The van der Waals surface area contributed by atoms with Crippen molar-refractivity contribution >= 4 is 27.6 Å². The summed E-state index contributed by atoms with van der Waals surface area (Å²) in [4.78, 5) is 24.3. The summed E-state index contributed by atoms with van der Waals surface area (Å²) in [7, 11) is -4.46. The number of hydrogen-bond acceptors (Lipinski definition) is 6. The lowest BCUT2D eigenvalue weighted by atomic mass is 10.1. The van der Waals surface area contributed by atoms with Gasteiger partial charge in [-0.2, -0.15) is 10.5 Å². The summed E-state index contributed by atoms with van der Waals surface area (Å²) in [5.41, 5.74) is -0.0297. The molecule has 30 heavy (non-hydrogen) atoms. The van der Waals surface area contributed by atoms with E-state index in [1.54, 1.807) is 12.1 Å². The number of nitriles is 2. The van der Waals surface area contributed by atoms with Crippen LogP contribution in [0.25, 0.3) is 0 Å². The van der Waals surface area contributed by atoms with Gasteiger partial charge in [-0.25, -0.2) is 21.9 Å². The molecule has 0 unspecified atom stereocenters. The van der Waals surface area contributed by atoms with E-state index in [9.17, 15) is 27.7 Å². The van der Waals surface area contributed by atoms with Crippen LogP contribution in [0.15, 0.2) is 41.3 Å². The monoisotopic (exact) mass is 427 g/mol. The third-order valence-corrected chi connectivity index (χ3v) is 6.24. The van der Waals surface area contributed by atoms with Gasteiger partial charge in [0.25, 0.3) is 10.0 Å². The van der Waals surface area contributed by atoms with Crippen LogP contribution < -0.4 is 10.6 Å². The summed E-state index contributed by atoms with van der Waals surface area (Å²) in [6, 6.07) is 9.39. The van der Waals surface area contributed by atoms with E-state index in [2.05, 4.69) is 10.6 Å². The number of amides is 3. The number of nitrogens with one attached hydrogen (secondary N) is 2. The SMILES string of the molecule is C[C@@H](NC(=O)CN1C(=O)Nc2cccc(C#N)c2S1(=O)=O)c1ccc(C#N)cc1F. The number of nitrogens with zero attached hydrogens (tertiary/aromatic N) is 3. The van der Waals surface area contributed by atoms with Gasteiger partial charge < -0.3 is 10.6 Å². The normalized spacial score (nSPS) is 15.2. The number of urea groups is 1. The van der Waals surface area contributed by atoms with E-state index in [-0.39, 0.29) is 22.4 Å². The lowest BCUT2D eigenvalue weighted by Crippen LogP contribution is -2.49. The maximum atomic E-state index is 14.1. The summed E-state index contributed by atoms with van der Waals surface area (Å²) < 4.78 is 40.1. The first kappa shape index (κ1) is 20.8. The maximum Gasteiger partial charge on any atom is 0.336 e. The number of hydrogen-bond donors (Lipinski definition) is 2. The zero-order valence-corrected chi connectivity index (χ0v) is 16.3. The number of rotatable bonds is 4. The number of carbonyl (C=O) groups is 2. The summed E-state index contributed by atoms with van der Waals surface area (Å²) in [5, 5.41) is 22.7. The molecule has 1 aliphatic heterocycles. The third kappa shape index (κ3) is 3.66. The fourth-order valence-corrected chi connectivity index (χ4v) is 4.56. The van der Waals surface area contributed by atoms with Crippen LogP contribution in [0.1, 0.15) is 29.7 Å². The number of fused-ring (bicyclic) bond motifs is 1. The zero-order valence-electron chi connectivity index (χ0n) is 15.5. The molecule has 3 amide bonds. The molecule has 3 rings (SSSR count). The fourth-order valence-electron chi connectivity index (χ4n) is 3.00. The average Bonchev–Trinajstić information content (AvgIpc) is 2.70. The molecule has 0 spiro atoms. The fraction of sp³-hybridized carbons (Fsp3) is 0.158. The van der Waals surface area contributed by atoms with Crippen molar-refractivity contribution in [2.75, 3.05) is 11.9 Å². The molecule has 2 aromatic carbocycles. The highest BCUT2D eigenvalue weighted by Crippen LogP contribution is 2.32. The van der Waals surface area contributed by atoms with Crippen molar-refractivity contribution < 1.29 is 22.4 Å². The molecule has 0 saturated carbocycles. The van der Waals surface area contributed by atoms with Gasteiger partial charge in [0, 0.05) is 5.56 Å². The lowest BCUT2D eigenvalue weighted by molar-refractivity contribution is -0.121. The topological polar surface area (TPSA) is 143 Å². The smallest absolute Gasteiger partial charge is 0.336 e. The standard InChI is InChI=1S/C19H14FN5O4S/c1-11(14-6-5-12(8-21)7-15(14)20)23-17(26)10-25-19(27)24-16-4-2-3-13(9-22)18(16)30(25,28)29/h2-7,11H,10H2,1H3,(H,23,26)(H,24,27)/t11-/m1/s1. The molecule has 0 radical (unpaired) electrons. The first-order valence-corrected chi connectivity index (χ1v) is 9.98. The molecule has 1 atom stereocenters. The summed E-state index contributed by atoms with van der Waals surface area (Å²) in [6.45, 7) is 0.603. The first-order chi connectivity index (χ1) is 14.2. The van der Waals surface area contributed by atoms with Crippen molar-refractivity contribution in [3.05, 3.63) is 58.9 Å². The Morgan fingerprint density at radius 1 is 1.27 bits per heavy atom. The minimum atomic E-state index is -4.46. The minimum Gasteiger partial charge on any atom is -0.348 e. The number of sulfonamides is 1. The van der Waals surface area contributed by atoms with Crippen molar-refractivity contribution in [2.45, 2.75) is 17.9 Å². The van der Waals surface area contributed by atoms with Gasteiger partial charge in [-0.1, -0.05) is 12.1 Å². The van der Waals surface area contributed by atoms with Gasteiger partial charge in [0.15, 0.2) is 0 Å². The van der Waals surface area contributed by atoms with E-state index < -0.39 is 45.3 Å². The number of benzene rings is 2. The zero-order chi connectivity index (χ0) is 22.1. The summed E-state index contributed by atoms with van der Waals surface area (Å²) >= 11 is 0. The van der Waals surface area contributed by atoms with Crippen LogP contribution in [0.4, 0.5) is 14.9 Å². The van der Waals surface area contributed by atoms with Crippen LogP contribution in [0, 0.1) is 28.5 Å². The van der Waals surface area contributed by atoms with Crippen molar-refractivity contribution in [1.29, 1.82) is 10.5 Å². The van der Waals surface area contributed by atoms with Crippen molar-refractivity contribution in [2.24, 2.45) is 0 Å². The lowest BCUT2D eigenvalue weighted by Gasteiger charge is -2.29. The van der Waals surface area contributed by atoms with Gasteiger partial charge >= 0.3 is 6.03 Å². The van der Waals surface area contributed by atoms with Crippen LogP contribution in [0.3, 0.4) is 0 Å². The molecule has 0 aromatic heterocycles. The van der Waals surface area contributed by atoms with E-state index in [1.165, 1.54) is 37.3 Å². The molecule has 152 valence electrons. The Bertz CT molecular complexity index is 1250. The first-order valence-electron chi connectivity index (χ1n) is 8.54. The summed E-state index contributed by atoms with van der Waals surface area (Å²) in [5.74, 6) is -1.57. The van der Waals surface area contributed by atoms with Crippen molar-refractivity contribution in [3.8, 4) is 12.1 Å². The number of carbonyl (C=O) groups excluding carboxylic acids is 2. The van der Waals surface area contributed by atoms with Crippen molar-refractivity contribution in [1.82, 2.24) is 9.62 Å². The van der Waals surface area contributed by atoms with Gasteiger partial charge in [-0.3, -0.25) is 4.79 Å². The van der Waals surface area contributed by atoms with Gasteiger partial charge in [0.05, 0.1) is 28.9 Å². The molecule has 9 nitrogen and oxygen atoms in total. The average molecular weight is 427 g/mol. The largest absolute Gasteiger partial charge is 0.348 e. The Kier molecular flexibility index (Phi) is 5.41. The predicted octanol–water partition coefficient (Wildman–Crippen LogP) is 1.98. The molecule has 11 heteroatoms. The molecule has 2 aromatic rings. The van der Waals surface area contributed by atoms with E-state index in [0.717, 1.165) is 6.07 Å². The van der Waals surface area contributed by atoms with Gasteiger partial charge in [0.1, 0.15) is 23.3 Å². The molecule has 1 heterocycles. The highest BCUT2D eigenvalue weighted by Gasteiger charge is 2.39. The Balaban J connectivity index is 1.82. The Labute approximate surface area is 171 Å². The van der Waals surface area contributed by atoms with Crippen molar-refractivity contribution in [3.63, 3.8) is 0 Å². The van der Waals surface area contributed by atoms with E-state index >= 15 is 0 Å². The highest BCUT2D eigenvalue weighted by atomic mass is 32.2. The second kappa shape index (κ2) is 7.81. The van der Waals surface area contributed by atoms with E-state index in [1.807, 2.05) is 0 Å². The van der Waals surface area contributed by atoms with Crippen LogP contribution in [-0.4, -0.2) is 31.2 Å². The van der Waals surface area contributed by atoms with Crippen LogP contribution in [0.5, 0.6) is 0 Å². The molecule has 0 bridgehead atoms. The second-order valence-corrected chi connectivity index (χ2v) is 8.17. The Hall–Kier alpha value is -3.96. The third-order valence-electron chi connectivity index (χ3n) is 4.41. The molecular weight excluding hydrogens is 413 g/mol. The van der Waals surface area contributed by atoms with Gasteiger partial charge in [-0.05, 0) is 31.2 Å². The number of anilines is 1. The summed E-state index contributed by atoms with van der Waals surface area (Å²) in [6.07, 6.45) is 0. The molecule has 2 N–H and O–H groups in total. The van der Waals surface area contributed by atoms with E-state index in [0.29, 0.717) is 4.31 Å². The van der Waals surface area contributed by atoms with Gasteiger partial charge in [-0.15, -0.1) is 0 Å². The highest BCUT2D eigenvalue weighted by molar-refractivity contribution is 7.90. The Morgan fingerprint density at radius 2 is 2.00 bits per heavy atom. The van der Waals surface area contributed by atoms with Crippen LogP contribution in [-0.2, 0) is 14.8 Å². The molecule has 0 fully saturated rings. The second-order valence-electron chi connectivity index (χ2n) is 6.37. The van der Waals surface area contributed by atoms with Crippen LogP contribution >= 0.6 is 0 Å². The minimum absolute atomic E-state index is 0.0521. The molecule has 0 saturated heterocycles. The molecule has 0 aliphatic carbocycles. The molecule has 1 aliphatic rings. The predicted molar refractivity (Wildman–Crippen MR) is 102 cm³/mol. The molecular formula is C19H14FN5O4S. The number of halogens is 1. The quantitative estimate of drug-likeness (QED) is 0.764. The van der Waals surface area contributed by atoms with E-state index in [4.69, 9.17) is 5.26 Å². The Morgan fingerprint density at radius 3 is 2.63 bits per heavy atom. The maximum absolute atomic E-state index is 14.1.